The predicted molar refractivity (Wildman–Crippen MR) is 105 cm³/mol. The summed E-state index contributed by atoms with van der Waals surface area (Å²) in [7, 11) is 0. The summed E-state index contributed by atoms with van der Waals surface area (Å²) in [4.78, 5) is 16.5. The van der Waals surface area contributed by atoms with Crippen LogP contribution in [0, 0.1) is 0 Å². The summed E-state index contributed by atoms with van der Waals surface area (Å²) in [6, 6.07) is 17.6. The van der Waals surface area contributed by atoms with Crippen molar-refractivity contribution in [3.8, 4) is 0 Å². The monoisotopic (exact) mass is 370 g/mol. The number of rotatable bonds is 6. The fraction of sp³-hybridized carbons (Fsp3) is 0.300. The number of amides is 1. The molecule has 0 unspecified atom stereocenters. The Labute approximate surface area is 159 Å². The highest BCUT2D eigenvalue weighted by Crippen LogP contribution is 2.17. The lowest BCUT2D eigenvalue weighted by Crippen LogP contribution is -2.48. The van der Waals surface area contributed by atoms with Crippen molar-refractivity contribution in [1.82, 2.24) is 15.2 Å². The molecule has 1 fully saturated rings. The predicted octanol–water partition coefficient (Wildman–Crippen LogP) is 2.61. The second-order valence-corrected chi connectivity index (χ2v) is 6.75. The molecule has 1 saturated heterocycles. The first kappa shape index (κ1) is 18.6. The van der Waals surface area contributed by atoms with Crippen molar-refractivity contribution >= 4 is 23.7 Å². The second kappa shape index (κ2) is 9.48. The summed E-state index contributed by atoms with van der Waals surface area (Å²) >= 11 is 6.23. The Hall–Kier alpha value is -2.21. The molecule has 0 aliphatic carbocycles. The number of carbonyl (C=O) groups excluding carboxylic acids is 1. The second-order valence-electron chi connectivity index (χ2n) is 6.35. The Morgan fingerprint density at radius 3 is 2.38 bits per heavy atom. The van der Waals surface area contributed by atoms with Crippen molar-refractivity contribution in [2.24, 2.45) is 5.10 Å². The van der Waals surface area contributed by atoms with E-state index in [2.05, 4.69) is 26.4 Å². The van der Waals surface area contributed by atoms with Gasteiger partial charge in [0.1, 0.15) is 0 Å². The molecule has 0 saturated carbocycles. The molecule has 1 aliphatic heterocycles. The molecule has 1 N–H and O–H groups in total. The molecule has 5 nitrogen and oxygen atoms in total. The normalized spacial score (nSPS) is 16.0. The van der Waals surface area contributed by atoms with Gasteiger partial charge in [-0.1, -0.05) is 60.1 Å². The Kier molecular flexibility index (Phi) is 6.77. The van der Waals surface area contributed by atoms with E-state index in [1.165, 1.54) is 0 Å². The summed E-state index contributed by atoms with van der Waals surface area (Å²) < 4.78 is 0. The van der Waals surface area contributed by atoms with Gasteiger partial charge in [-0.3, -0.25) is 14.6 Å². The average molecular weight is 371 g/mol. The number of benzene rings is 2. The lowest BCUT2D eigenvalue weighted by atomic mass is 10.2. The fourth-order valence-electron chi connectivity index (χ4n) is 2.93. The molecule has 2 aromatic rings. The Morgan fingerprint density at radius 2 is 1.65 bits per heavy atom. The van der Waals surface area contributed by atoms with Crippen LogP contribution in [0.15, 0.2) is 59.7 Å². The van der Waals surface area contributed by atoms with Crippen LogP contribution in [-0.2, 0) is 11.3 Å². The molecular formula is C20H23ClN4O. The van der Waals surface area contributed by atoms with Crippen LogP contribution in [0.3, 0.4) is 0 Å². The van der Waals surface area contributed by atoms with E-state index in [0.717, 1.165) is 48.9 Å². The van der Waals surface area contributed by atoms with Crippen LogP contribution < -0.4 is 5.43 Å². The lowest BCUT2D eigenvalue weighted by molar-refractivity contribution is -0.122. The minimum Gasteiger partial charge on any atom is -0.296 e. The number of halogens is 1. The van der Waals surface area contributed by atoms with Crippen LogP contribution in [0.1, 0.15) is 11.1 Å². The quantitative estimate of drug-likeness (QED) is 0.628. The summed E-state index contributed by atoms with van der Waals surface area (Å²) in [5, 5.41) is 4.82. The highest BCUT2D eigenvalue weighted by atomic mass is 35.5. The van der Waals surface area contributed by atoms with Crippen molar-refractivity contribution in [2.45, 2.75) is 6.54 Å². The van der Waals surface area contributed by atoms with Crippen molar-refractivity contribution in [3.63, 3.8) is 0 Å². The molecule has 0 spiro atoms. The van der Waals surface area contributed by atoms with Gasteiger partial charge in [-0.15, -0.1) is 0 Å². The van der Waals surface area contributed by atoms with Gasteiger partial charge in [-0.2, -0.15) is 5.10 Å². The minimum atomic E-state index is -0.0864. The molecule has 2 aromatic carbocycles. The maximum Gasteiger partial charge on any atom is 0.254 e. The maximum atomic E-state index is 12.0. The third-order valence-corrected chi connectivity index (χ3v) is 4.76. The van der Waals surface area contributed by atoms with E-state index in [1.54, 1.807) is 6.21 Å². The number of nitrogens with zero attached hydrogens (tertiary/aromatic N) is 3. The Balaban J connectivity index is 1.39. The van der Waals surface area contributed by atoms with E-state index in [9.17, 15) is 4.79 Å². The van der Waals surface area contributed by atoms with Gasteiger partial charge in [0.05, 0.1) is 12.8 Å². The average Bonchev–Trinajstić information content (AvgIpc) is 2.66. The van der Waals surface area contributed by atoms with E-state index in [4.69, 9.17) is 11.6 Å². The summed E-state index contributed by atoms with van der Waals surface area (Å²) in [5.74, 6) is -0.0864. The van der Waals surface area contributed by atoms with Crippen LogP contribution in [0.2, 0.25) is 5.02 Å². The zero-order chi connectivity index (χ0) is 18.2. The van der Waals surface area contributed by atoms with Crippen molar-refractivity contribution in [1.29, 1.82) is 0 Å². The fourth-order valence-corrected chi connectivity index (χ4v) is 3.12. The molecule has 1 heterocycles. The molecule has 0 radical (unpaired) electrons. The first-order chi connectivity index (χ1) is 12.7. The molecule has 26 heavy (non-hydrogen) atoms. The van der Waals surface area contributed by atoms with Gasteiger partial charge in [0, 0.05) is 37.7 Å². The van der Waals surface area contributed by atoms with Crippen LogP contribution in [-0.4, -0.2) is 54.6 Å². The number of carbonyl (C=O) groups is 1. The highest BCUT2D eigenvalue weighted by Gasteiger charge is 2.19. The molecule has 0 aromatic heterocycles. The number of hydrogen-bond acceptors (Lipinski definition) is 4. The van der Waals surface area contributed by atoms with Gasteiger partial charge in [0.2, 0.25) is 0 Å². The number of hydrogen-bond donors (Lipinski definition) is 1. The van der Waals surface area contributed by atoms with Gasteiger partial charge in [0.15, 0.2) is 0 Å². The molecular weight excluding hydrogens is 348 g/mol. The Bertz CT molecular complexity index is 742. The topological polar surface area (TPSA) is 47.9 Å². The van der Waals surface area contributed by atoms with E-state index in [-0.39, 0.29) is 5.91 Å². The first-order valence-electron chi connectivity index (χ1n) is 8.76. The third kappa shape index (κ3) is 5.66. The zero-order valence-electron chi connectivity index (χ0n) is 14.6. The molecule has 0 bridgehead atoms. The summed E-state index contributed by atoms with van der Waals surface area (Å²) in [6.07, 6.45) is 1.65. The molecule has 1 amide bonds. The van der Waals surface area contributed by atoms with E-state index >= 15 is 0 Å². The number of hydrazone groups is 1. The first-order valence-corrected chi connectivity index (χ1v) is 9.13. The van der Waals surface area contributed by atoms with Crippen molar-refractivity contribution in [3.05, 3.63) is 70.7 Å². The molecule has 3 rings (SSSR count). The van der Waals surface area contributed by atoms with Crippen LogP contribution in [0.5, 0.6) is 0 Å². The standard InChI is InChI=1S/C20H23ClN4O/c21-19-9-5-4-8-18(19)15-24-10-12-25(13-11-24)16-20(26)23-22-14-17-6-2-1-3-7-17/h1-9,14H,10-13,15-16H2,(H,23,26)/b22-14-. The van der Waals surface area contributed by atoms with Gasteiger partial charge in [0.25, 0.3) is 5.91 Å². The van der Waals surface area contributed by atoms with E-state index in [0.29, 0.717) is 6.54 Å². The summed E-state index contributed by atoms with van der Waals surface area (Å²) in [6.45, 7) is 4.78. The van der Waals surface area contributed by atoms with E-state index in [1.807, 2.05) is 48.5 Å². The van der Waals surface area contributed by atoms with Gasteiger partial charge >= 0.3 is 0 Å². The van der Waals surface area contributed by atoms with Gasteiger partial charge in [-0.25, -0.2) is 5.43 Å². The Morgan fingerprint density at radius 1 is 1.00 bits per heavy atom. The zero-order valence-corrected chi connectivity index (χ0v) is 15.4. The molecule has 6 heteroatoms. The third-order valence-electron chi connectivity index (χ3n) is 4.39. The minimum absolute atomic E-state index is 0.0864. The number of nitrogens with one attached hydrogen (secondary N) is 1. The van der Waals surface area contributed by atoms with Crippen LogP contribution in [0.4, 0.5) is 0 Å². The van der Waals surface area contributed by atoms with Crippen LogP contribution in [0.25, 0.3) is 0 Å². The molecule has 0 atom stereocenters. The van der Waals surface area contributed by atoms with Gasteiger partial charge < -0.3 is 0 Å². The highest BCUT2D eigenvalue weighted by molar-refractivity contribution is 6.31. The largest absolute Gasteiger partial charge is 0.296 e. The molecule has 1 aliphatic rings. The SMILES string of the molecule is O=C(CN1CCN(Cc2ccccc2Cl)CC1)N/N=C\c1ccccc1. The van der Waals surface area contributed by atoms with Crippen LogP contribution >= 0.6 is 11.6 Å². The smallest absolute Gasteiger partial charge is 0.254 e. The van der Waals surface area contributed by atoms with Gasteiger partial charge in [-0.05, 0) is 17.2 Å². The van der Waals surface area contributed by atoms with Crippen molar-refractivity contribution < 1.29 is 4.79 Å². The number of piperazine rings is 1. The summed E-state index contributed by atoms with van der Waals surface area (Å²) in [5.41, 5.74) is 4.70. The van der Waals surface area contributed by atoms with Crippen molar-refractivity contribution in [2.75, 3.05) is 32.7 Å². The van der Waals surface area contributed by atoms with E-state index < -0.39 is 0 Å². The molecule has 136 valence electrons. The lowest BCUT2D eigenvalue weighted by Gasteiger charge is -2.34. The maximum absolute atomic E-state index is 12.0.